The Kier molecular flexibility index (Phi) is 4.53. The van der Waals surface area contributed by atoms with Crippen LogP contribution in [-0.2, 0) is 4.79 Å². The largest absolute Gasteiger partial charge is 0.350 e. The number of hydrogen-bond acceptors (Lipinski definition) is 1. The third-order valence-electron chi connectivity index (χ3n) is 2.80. The minimum absolute atomic E-state index is 0.0914. The summed E-state index contributed by atoms with van der Waals surface area (Å²) < 4.78 is 0. The van der Waals surface area contributed by atoms with Crippen molar-refractivity contribution in [2.24, 2.45) is 0 Å². The molecule has 1 aromatic rings. The van der Waals surface area contributed by atoms with Gasteiger partial charge < -0.3 is 5.32 Å². The Morgan fingerprint density at radius 2 is 1.62 bits per heavy atom. The van der Waals surface area contributed by atoms with Gasteiger partial charge in [-0.3, -0.25) is 4.79 Å². The highest BCUT2D eigenvalue weighted by Gasteiger charge is 2.08. The highest BCUT2D eigenvalue weighted by Crippen LogP contribution is 2.18. The van der Waals surface area contributed by atoms with E-state index in [0.29, 0.717) is 12.3 Å². The van der Waals surface area contributed by atoms with Crippen molar-refractivity contribution < 1.29 is 4.79 Å². The number of amides is 1. The molecule has 1 amide bonds. The summed E-state index contributed by atoms with van der Waals surface area (Å²) in [5.74, 6) is 0.648. The van der Waals surface area contributed by atoms with E-state index in [4.69, 9.17) is 0 Å². The summed E-state index contributed by atoms with van der Waals surface area (Å²) >= 11 is 0. The van der Waals surface area contributed by atoms with Gasteiger partial charge in [0, 0.05) is 6.42 Å². The second-order valence-corrected chi connectivity index (χ2v) is 4.46. The average Bonchev–Trinajstić information content (AvgIpc) is 2.28. The van der Waals surface area contributed by atoms with E-state index in [2.05, 4.69) is 43.4 Å². The first-order valence-electron chi connectivity index (χ1n) is 5.93. The lowest BCUT2D eigenvalue weighted by molar-refractivity contribution is -0.121. The molecule has 0 radical (unpaired) electrons. The minimum atomic E-state index is 0.0914. The molecule has 0 bridgehead atoms. The molecule has 0 aromatic heterocycles. The maximum Gasteiger partial charge on any atom is 0.220 e. The van der Waals surface area contributed by atoms with Gasteiger partial charge >= 0.3 is 0 Å². The molecule has 0 aliphatic rings. The molecule has 0 aliphatic carbocycles. The summed E-state index contributed by atoms with van der Waals surface area (Å²) in [7, 11) is 0. The van der Waals surface area contributed by atoms with Crippen LogP contribution in [0.1, 0.15) is 57.2 Å². The summed E-state index contributed by atoms with van der Waals surface area (Å²) in [6.07, 6.45) is 0.536. The smallest absolute Gasteiger partial charge is 0.220 e. The zero-order valence-electron chi connectivity index (χ0n) is 10.6. The standard InChI is InChI=1S/C14H21NO/c1-5-14(16)15-11(4)13-8-6-12(7-9-13)10(2)3/h6-11H,5H2,1-4H3,(H,15,16). The van der Waals surface area contributed by atoms with Crippen molar-refractivity contribution in [3.8, 4) is 0 Å². The van der Waals surface area contributed by atoms with Crippen molar-refractivity contribution in [2.45, 2.75) is 46.1 Å². The zero-order valence-corrected chi connectivity index (χ0v) is 10.6. The second-order valence-electron chi connectivity index (χ2n) is 4.46. The van der Waals surface area contributed by atoms with Crippen molar-refractivity contribution in [2.75, 3.05) is 0 Å². The second kappa shape index (κ2) is 5.69. The van der Waals surface area contributed by atoms with Crippen LogP contribution in [0.15, 0.2) is 24.3 Å². The number of rotatable bonds is 4. The van der Waals surface area contributed by atoms with Gasteiger partial charge in [-0.15, -0.1) is 0 Å². The highest BCUT2D eigenvalue weighted by molar-refractivity contribution is 5.75. The molecule has 16 heavy (non-hydrogen) atoms. The van der Waals surface area contributed by atoms with Gasteiger partial charge in [-0.25, -0.2) is 0 Å². The maximum absolute atomic E-state index is 11.3. The summed E-state index contributed by atoms with van der Waals surface area (Å²) in [5.41, 5.74) is 2.49. The van der Waals surface area contributed by atoms with Crippen LogP contribution in [0.5, 0.6) is 0 Å². The molecular weight excluding hydrogens is 198 g/mol. The number of carbonyl (C=O) groups excluding carboxylic acids is 1. The van der Waals surface area contributed by atoms with Crippen LogP contribution in [0.2, 0.25) is 0 Å². The Morgan fingerprint density at radius 3 is 2.06 bits per heavy atom. The third-order valence-corrected chi connectivity index (χ3v) is 2.80. The van der Waals surface area contributed by atoms with Crippen LogP contribution in [-0.4, -0.2) is 5.91 Å². The quantitative estimate of drug-likeness (QED) is 0.826. The van der Waals surface area contributed by atoms with E-state index in [9.17, 15) is 4.79 Å². The Hall–Kier alpha value is -1.31. The number of benzene rings is 1. The Balaban J connectivity index is 2.70. The van der Waals surface area contributed by atoms with Crippen LogP contribution < -0.4 is 5.32 Å². The van der Waals surface area contributed by atoms with Crippen LogP contribution in [0.4, 0.5) is 0 Å². The molecule has 0 aliphatic heterocycles. The first-order valence-corrected chi connectivity index (χ1v) is 5.93. The monoisotopic (exact) mass is 219 g/mol. The molecule has 0 saturated heterocycles. The van der Waals surface area contributed by atoms with Gasteiger partial charge in [0.1, 0.15) is 0 Å². The van der Waals surface area contributed by atoms with E-state index in [1.54, 1.807) is 0 Å². The molecule has 1 rings (SSSR count). The molecule has 0 fully saturated rings. The summed E-state index contributed by atoms with van der Waals surface area (Å²) in [6, 6.07) is 8.54. The lowest BCUT2D eigenvalue weighted by Crippen LogP contribution is -2.25. The lowest BCUT2D eigenvalue weighted by atomic mass is 9.99. The van der Waals surface area contributed by atoms with Gasteiger partial charge in [0.2, 0.25) is 5.91 Å². The summed E-state index contributed by atoms with van der Waals surface area (Å²) in [4.78, 5) is 11.3. The first kappa shape index (κ1) is 12.8. The van der Waals surface area contributed by atoms with Gasteiger partial charge in [0.25, 0.3) is 0 Å². The zero-order chi connectivity index (χ0) is 12.1. The topological polar surface area (TPSA) is 29.1 Å². The van der Waals surface area contributed by atoms with Crippen LogP contribution in [0, 0.1) is 0 Å². The molecule has 0 saturated carbocycles. The first-order chi connectivity index (χ1) is 7.54. The average molecular weight is 219 g/mol. The van der Waals surface area contributed by atoms with Crippen LogP contribution in [0.25, 0.3) is 0 Å². The molecule has 1 unspecified atom stereocenters. The number of carbonyl (C=O) groups is 1. The molecule has 2 nitrogen and oxygen atoms in total. The van der Waals surface area contributed by atoms with E-state index >= 15 is 0 Å². The van der Waals surface area contributed by atoms with Crippen LogP contribution in [0.3, 0.4) is 0 Å². The summed E-state index contributed by atoms with van der Waals surface area (Å²) in [6.45, 7) is 8.23. The Morgan fingerprint density at radius 1 is 1.12 bits per heavy atom. The van der Waals surface area contributed by atoms with Crippen LogP contribution >= 0.6 is 0 Å². The number of hydrogen-bond donors (Lipinski definition) is 1. The fourth-order valence-corrected chi connectivity index (χ4v) is 1.60. The van der Waals surface area contributed by atoms with Crippen molar-refractivity contribution in [1.29, 1.82) is 0 Å². The van der Waals surface area contributed by atoms with Gasteiger partial charge in [-0.1, -0.05) is 45.0 Å². The predicted molar refractivity (Wildman–Crippen MR) is 67.4 cm³/mol. The fourth-order valence-electron chi connectivity index (χ4n) is 1.60. The maximum atomic E-state index is 11.3. The molecule has 1 aromatic carbocycles. The predicted octanol–water partition coefficient (Wildman–Crippen LogP) is 3.40. The SMILES string of the molecule is CCC(=O)NC(C)c1ccc(C(C)C)cc1. The fraction of sp³-hybridized carbons (Fsp3) is 0.500. The van der Waals surface area contributed by atoms with E-state index < -0.39 is 0 Å². The van der Waals surface area contributed by atoms with E-state index in [0.717, 1.165) is 5.56 Å². The molecule has 88 valence electrons. The van der Waals surface area contributed by atoms with E-state index in [1.807, 2.05) is 13.8 Å². The number of nitrogens with one attached hydrogen (secondary N) is 1. The van der Waals surface area contributed by atoms with E-state index in [-0.39, 0.29) is 11.9 Å². The summed E-state index contributed by atoms with van der Waals surface area (Å²) in [5, 5.41) is 2.96. The molecule has 1 N–H and O–H groups in total. The third kappa shape index (κ3) is 3.37. The highest BCUT2D eigenvalue weighted by atomic mass is 16.1. The van der Waals surface area contributed by atoms with Crippen molar-refractivity contribution in [3.63, 3.8) is 0 Å². The molecule has 2 heteroatoms. The lowest BCUT2D eigenvalue weighted by Gasteiger charge is -2.15. The van der Waals surface area contributed by atoms with Crippen molar-refractivity contribution in [1.82, 2.24) is 5.32 Å². The normalized spacial score (nSPS) is 12.6. The minimum Gasteiger partial charge on any atom is -0.350 e. The molecule has 0 spiro atoms. The van der Waals surface area contributed by atoms with Gasteiger partial charge in [0.05, 0.1) is 6.04 Å². The van der Waals surface area contributed by atoms with Gasteiger partial charge in [-0.2, -0.15) is 0 Å². The Bertz CT molecular complexity index is 340. The Labute approximate surface area is 98.1 Å². The van der Waals surface area contributed by atoms with Crippen molar-refractivity contribution >= 4 is 5.91 Å². The molecule has 0 heterocycles. The van der Waals surface area contributed by atoms with Crippen molar-refractivity contribution in [3.05, 3.63) is 35.4 Å². The molecular formula is C14H21NO. The van der Waals surface area contributed by atoms with Gasteiger partial charge in [0.15, 0.2) is 0 Å². The molecule has 1 atom stereocenters. The van der Waals surface area contributed by atoms with E-state index in [1.165, 1.54) is 5.56 Å². The van der Waals surface area contributed by atoms with Gasteiger partial charge in [-0.05, 0) is 24.0 Å².